The molecule has 0 aromatic carbocycles. The predicted octanol–water partition coefficient (Wildman–Crippen LogP) is 2.74. The SMILES string of the molecule is CCOC(=O)/C(=C\C1CC1(C)C)OCC.O=C(O)O. The fourth-order valence-corrected chi connectivity index (χ4v) is 1.51. The zero-order chi connectivity index (χ0) is 15.1. The first-order valence-electron chi connectivity index (χ1n) is 6.18. The third-order valence-electron chi connectivity index (χ3n) is 2.72. The molecule has 6 heteroatoms. The minimum Gasteiger partial charge on any atom is -0.487 e. The summed E-state index contributed by atoms with van der Waals surface area (Å²) in [6, 6.07) is 0. The summed E-state index contributed by atoms with van der Waals surface area (Å²) in [6.45, 7) is 8.91. The third-order valence-corrected chi connectivity index (χ3v) is 2.72. The smallest absolute Gasteiger partial charge is 0.487 e. The third kappa shape index (κ3) is 7.33. The van der Waals surface area contributed by atoms with E-state index in [1.165, 1.54) is 0 Å². The number of carbonyl (C=O) groups excluding carboxylic acids is 1. The minimum atomic E-state index is -1.83. The molecule has 0 spiro atoms. The minimum absolute atomic E-state index is 0.314. The van der Waals surface area contributed by atoms with E-state index in [2.05, 4.69) is 13.8 Å². The van der Waals surface area contributed by atoms with Crippen LogP contribution in [-0.4, -0.2) is 35.6 Å². The summed E-state index contributed by atoms with van der Waals surface area (Å²) in [5.41, 5.74) is 0.314. The normalized spacial score (nSPS) is 19.8. The highest BCUT2D eigenvalue weighted by Crippen LogP contribution is 2.52. The molecule has 1 saturated carbocycles. The molecule has 1 atom stereocenters. The number of esters is 1. The summed E-state index contributed by atoms with van der Waals surface area (Å²) in [6.07, 6.45) is 1.18. The topological polar surface area (TPSA) is 93.1 Å². The van der Waals surface area contributed by atoms with Crippen LogP contribution in [0.25, 0.3) is 0 Å². The fraction of sp³-hybridized carbons (Fsp3) is 0.692. The number of hydrogen-bond donors (Lipinski definition) is 2. The maximum atomic E-state index is 11.5. The van der Waals surface area contributed by atoms with Gasteiger partial charge in [-0.2, -0.15) is 0 Å². The highest BCUT2D eigenvalue weighted by atomic mass is 16.6. The van der Waals surface area contributed by atoms with Crippen molar-refractivity contribution in [2.24, 2.45) is 11.3 Å². The van der Waals surface area contributed by atoms with E-state index in [-0.39, 0.29) is 5.97 Å². The molecule has 110 valence electrons. The summed E-state index contributed by atoms with van der Waals surface area (Å²) in [5.74, 6) is 0.473. The molecule has 0 heterocycles. The Labute approximate surface area is 113 Å². The van der Waals surface area contributed by atoms with E-state index in [0.29, 0.717) is 30.3 Å². The van der Waals surface area contributed by atoms with Crippen LogP contribution >= 0.6 is 0 Å². The molecule has 1 aliphatic rings. The van der Waals surface area contributed by atoms with Gasteiger partial charge in [-0.15, -0.1) is 0 Å². The van der Waals surface area contributed by atoms with Gasteiger partial charge in [0.25, 0.3) is 0 Å². The van der Waals surface area contributed by atoms with Gasteiger partial charge in [0, 0.05) is 0 Å². The number of ether oxygens (including phenoxy) is 2. The van der Waals surface area contributed by atoms with Crippen molar-refractivity contribution in [1.82, 2.24) is 0 Å². The molecule has 1 unspecified atom stereocenters. The lowest BCUT2D eigenvalue weighted by molar-refractivity contribution is -0.142. The molecule has 19 heavy (non-hydrogen) atoms. The van der Waals surface area contributed by atoms with Crippen molar-refractivity contribution in [2.75, 3.05) is 13.2 Å². The van der Waals surface area contributed by atoms with Crippen molar-refractivity contribution in [3.8, 4) is 0 Å². The van der Waals surface area contributed by atoms with Crippen LogP contribution in [0.1, 0.15) is 34.1 Å². The second kappa shape index (κ2) is 7.66. The summed E-state index contributed by atoms with van der Waals surface area (Å²) in [4.78, 5) is 20.0. The lowest BCUT2D eigenvalue weighted by atomic mass is 10.1. The van der Waals surface area contributed by atoms with E-state index in [9.17, 15) is 4.79 Å². The molecule has 1 aliphatic carbocycles. The summed E-state index contributed by atoms with van der Waals surface area (Å²) in [7, 11) is 0. The van der Waals surface area contributed by atoms with Gasteiger partial charge in [0.1, 0.15) is 0 Å². The molecule has 0 amide bonds. The van der Waals surface area contributed by atoms with E-state index < -0.39 is 6.16 Å². The van der Waals surface area contributed by atoms with Gasteiger partial charge >= 0.3 is 12.1 Å². The average molecular weight is 274 g/mol. The van der Waals surface area contributed by atoms with Crippen LogP contribution in [-0.2, 0) is 14.3 Å². The Morgan fingerprint density at radius 2 is 1.63 bits per heavy atom. The van der Waals surface area contributed by atoms with Crippen molar-refractivity contribution in [3.05, 3.63) is 11.8 Å². The van der Waals surface area contributed by atoms with Crippen LogP contribution in [0.4, 0.5) is 4.79 Å². The van der Waals surface area contributed by atoms with Crippen molar-refractivity contribution in [1.29, 1.82) is 0 Å². The zero-order valence-electron chi connectivity index (χ0n) is 11.8. The Kier molecular flexibility index (Phi) is 6.96. The summed E-state index contributed by atoms with van der Waals surface area (Å²) in [5, 5.41) is 13.9. The van der Waals surface area contributed by atoms with Crippen molar-refractivity contribution >= 4 is 12.1 Å². The van der Waals surface area contributed by atoms with Crippen LogP contribution in [0.2, 0.25) is 0 Å². The van der Waals surface area contributed by atoms with Crippen molar-refractivity contribution < 1.29 is 29.3 Å². The predicted molar refractivity (Wildman–Crippen MR) is 68.9 cm³/mol. The summed E-state index contributed by atoms with van der Waals surface area (Å²) < 4.78 is 10.2. The number of carbonyl (C=O) groups is 2. The second-order valence-corrected chi connectivity index (χ2v) is 4.77. The number of allylic oxidation sites excluding steroid dienone is 1. The Hall–Kier alpha value is -1.72. The van der Waals surface area contributed by atoms with Gasteiger partial charge in [-0.05, 0) is 37.7 Å². The Balaban J connectivity index is 0.000000711. The zero-order valence-corrected chi connectivity index (χ0v) is 11.8. The highest BCUT2D eigenvalue weighted by molar-refractivity contribution is 5.86. The number of carboxylic acid groups (broad SMARTS) is 2. The highest BCUT2D eigenvalue weighted by Gasteiger charge is 2.44. The first-order chi connectivity index (χ1) is 8.74. The number of hydrogen-bond acceptors (Lipinski definition) is 4. The van der Waals surface area contributed by atoms with Crippen molar-refractivity contribution in [3.63, 3.8) is 0 Å². The van der Waals surface area contributed by atoms with Gasteiger partial charge in [0.15, 0.2) is 0 Å². The molecule has 0 aromatic rings. The second-order valence-electron chi connectivity index (χ2n) is 4.77. The van der Waals surface area contributed by atoms with Gasteiger partial charge in [-0.3, -0.25) is 0 Å². The van der Waals surface area contributed by atoms with Gasteiger partial charge in [0.05, 0.1) is 13.2 Å². The molecule has 0 radical (unpaired) electrons. The molecule has 0 aromatic heterocycles. The largest absolute Gasteiger partial charge is 0.503 e. The first-order valence-corrected chi connectivity index (χ1v) is 6.18. The van der Waals surface area contributed by atoms with Gasteiger partial charge in [-0.25, -0.2) is 9.59 Å². The van der Waals surface area contributed by atoms with Gasteiger partial charge in [-0.1, -0.05) is 13.8 Å². The molecule has 1 fully saturated rings. The molecule has 0 aliphatic heterocycles. The van der Waals surface area contributed by atoms with Crippen LogP contribution in [0.3, 0.4) is 0 Å². The molecule has 2 N–H and O–H groups in total. The molecule has 0 bridgehead atoms. The van der Waals surface area contributed by atoms with E-state index in [1.807, 2.05) is 13.0 Å². The monoisotopic (exact) mass is 274 g/mol. The molecule has 6 nitrogen and oxygen atoms in total. The molecule has 1 rings (SSSR count). The van der Waals surface area contributed by atoms with Crippen LogP contribution in [0.5, 0.6) is 0 Å². The molecular weight excluding hydrogens is 252 g/mol. The summed E-state index contributed by atoms with van der Waals surface area (Å²) >= 11 is 0. The molecule has 0 saturated heterocycles. The van der Waals surface area contributed by atoms with E-state index in [0.717, 1.165) is 6.42 Å². The van der Waals surface area contributed by atoms with Crippen LogP contribution < -0.4 is 0 Å². The lowest BCUT2D eigenvalue weighted by Crippen LogP contribution is -2.11. The van der Waals surface area contributed by atoms with Gasteiger partial charge in [0.2, 0.25) is 5.76 Å². The van der Waals surface area contributed by atoms with E-state index in [4.69, 9.17) is 24.5 Å². The maximum Gasteiger partial charge on any atom is 0.503 e. The first kappa shape index (κ1) is 17.3. The fourth-order valence-electron chi connectivity index (χ4n) is 1.51. The van der Waals surface area contributed by atoms with Gasteiger partial charge < -0.3 is 19.7 Å². The van der Waals surface area contributed by atoms with Crippen LogP contribution in [0.15, 0.2) is 11.8 Å². The lowest BCUT2D eigenvalue weighted by Gasteiger charge is -2.08. The average Bonchev–Trinajstić information content (AvgIpc) is 2.85. The molecular formula is C13H22O6. The van der Waals surface area contributed by atoms with Crippen LogP contribution in [0, 0.1) is 11.3 Å². The Morgan fingerprint density at radius 1 is 1.21 bits per heavy atom. The quantitative estimate of drug-likeness (QED) is 0.455. The van der Waals surface area contributed by atoms with E-state index in [1.54, 1.807) is 6.92 Å². The maximum absolute atomic E-state index is 11.5. The Morgan fingerprint density at radius 3 is 1.95 bits per heavy atom. The van der Waals surface area contributed by atoms with Crippen molar-refractivity contribution in [2.45, 2.75) is 34.1 Å². The Bertz CT molecular complexity index is 341. The standard InChI is InChI=1S/C12H20O3.CH2O3/c1-5-14-10(11(13)15-6-2)7-9-8-12(9,3)4;2-1(3)4/h7,9H,5-6,8H2,1-4H3;(H2,2,3,4)/b10-7+;. The number of rotatable bonds is 5. The van der Waals surface area contributed by atoms with E-state index >= 15 is 0 Å².